The summed E-state index contributed by atoms with van der Waals surface area (Å²) < 4.78 is 11.6. The molecule has 0 atom stereocenters. The molecule has 0 saturated carbocycles. The van der Waals surface area contributed by atoms with E-state index in [-0.39, 0.29) is 11.5 Å². The minimum atomic E-state index is -0.299. The van der Waals surface area contributed by atoms with Gasteiger partial charge >= 0.3 is 5.69 Å². The van der Waals surface area contributed by atoms with E-state index in [4.69, 9.17) is 9.47 Å². The summed E-state index contributed by atoms with van der Waals surface area (Å²) in [5, 5.41) is 0. The number of carbonyl (C=O) groups excluding carboxylic acids is 1. The van der Waals surface area contributed by atoms with Gasteiger partial charge in [0.05, 0.1) is 29.2 Å². The Labute approximate surface area is 158 Å². The number of benzene rings is 2. The predicted octanol–water partition coefficient (Wildman–Crippen LogP) is 3.92. The number of halogens is 1. The van der Waals surface area contributed by atoms with Crippen LogP contribution in [0.3, 0.4) is 0 Å². The third-order valence-electron chi connectivity index (χ3n) is 3.76. The van der Waals surface area contributed by atoms with Crippen molar-refractivity contribution in [3.05, 3.63) is 62.5 Å². The van der Waals surface area contributed by atoms with Crippen molar-refractivity contribution in [3.63, 3.8) is 0 Å². The normalized spacial score (nSPS) is 11.2. The second-order valence-electron chi connectivity index (χ2n) is 5.50. The fraction of sp³-hybridized carbons (Fsp3) is 0.158. The largest absolute Gasteiger partial charge is 0.492 e. The Morgan fingerprint density at radius 1 is 1.19 bits per heavy atom. The fourth-order valence-corrected chi connectivity index (χ4v) is 3.22. The first kappa shape index (κ1) is 18.0. The van der Waals surface area contributed by atoms with E-state index in [2.05, 4.69) is 25.9 Å². The zero-order valence-electron chi connectivity index (χ0n) is 14.3. The van der Waals surface area contributed by atoms with E-state index >= 15 is 0 Å². The fourth-order valence-electron chi connectivity index (χ4n) is 2.60. The molecule has 0 aliphatic carbocycles. The number of hydrogen-bond acceptors (Lipinski definition) is 4. The van der Waals surface area contributed by atoms with Crippen LogP contribution < -0.4 is 15.2 Å². The van der Waals surface area contributed by atoms with Crippen LogP contribution in [-0.4, -0.2) is 29.5 Å². The summed E-state index contributed by atoms with van der Waals surface area (Å²) in [5.41, 5.74) is 2.25. The molecule has 3 rings (SSSR count). The van der Waals surface area contributed by atoms with Crippen LogP contribution in [-0.2, 0) is 0 Å². The highest BCUT2D eigenvalue weighted by Crippen LogP contribution is 2.36. The molecule has 2 N–H and O–H groups in total. The Kier molecular flexibility index (Phi) is 5.27. The van der Waals surface area contributed by atoms with Gasteiger partial charge in [-0.25, -0.2) is 4.79 Å². The number of aromatic nitrogens is 2. The molecule has 0 amide bonds. The Bertz CT molecular complexity index is 1050. The molecule has 0 aliphatic rings. The summed E-state index contributed by atoms with van der Waals surface area (Å²) in [6.07, 6.45) is 3.19. The average Bonchev–Trinajstić information content (AvgIpc) is 2.99. The topological polar surface area (TPSA) is 84.2 Å². The van der Waals surface area contributed by atoms with Crippen molar-refractivity contribution in [3.8, 4) is 11.5 Å². The molecule has 0 spiro atoms. The Hall–Kier alpha value is -2.80. The summed E-state index contributed by atoms with van der Waals surface area (Å²) >= 11 is 3.45. The second-order valence-corrected chi connectivity index (χ2v) is 6.36. The zero-order valence-corrected chi connectivity index (χ0v) is 15.8. The van der Waals surface area contributed by atoms with Crippen molar-refractivity contribution in [1.82, 2.24) is 9.97 Å². The van der Waals surface area contributed by atoms with E-state index in [1.54, 1.807) is 31.4 Å². The van der Waals surface area contributed by atoms with Crippen molar-refractivity contribution < 1.29 is 14.3 Å². The monoisotopic (exact) mass is 416 g/mol. The van der Waals surface area contributed by atoms with Crippen LogP contribution in [0.5, 0.6) is 11.5 Å². The molecule has 0 radical (unpaired) electrons. The molecule has 0 unspecified atom stereocenters. The third-order valence-corrected chi connectivity index (χ3v) is 4.35. The minimum Gasteiger partial charge on any atom is -0.492 e. The van der Waals surface area contributed by atoms with Crippen molar-refractivity contribution in [1.29, 1.82) is 0 Å². The number of allylic oxidation sites excluding steroid dienone is 1. The van der Waals surface area contributed by atoms with Gasteiger partial charge in [0.25, 0.3) is 0 Å². The van der Waals surface area contributed by atoms with Crippen molar-refractivity contribution >= 4 is 38.8 Å². The summed E-state index contributed by atoms with van der Waals surface area (Å²) in [6, 6.07) is 8.68. The van der Waals surface area contributed by atoms with E-state index < -0.39 is 0 Å². The summed E-state index contributed by atoms with van der Waals surface area (Å²) in [4.78, 5) is 29.0. The quantitative estimate of drug-likeness (QED) is 0.471. The van der Waals surface area contributed by atoms with Crippen LogP contribution in [0.15, 0.2) is 45.7 Å². The first-order valence-corrected chi connectivity index (χ1v) is 8.76. The Morgan fingerprint density at radius 2 is 1.96 bits per heavy atom. The highest BCUT2D eigenvalue weighted by molar-refractivity contribution is 9.10. The van der Waals surface area contributed by atoms with Crippen LogP contribution in [0.1, 0.15) is 22.8 Å². The Balaban J connectivity index is 1.88. The molecule has 134 valence electrons. The summed E-state index contributed by atoms with van der Waals surface area (Å²) in [5.74, 6) is 1.04. The molecule has 0 aliphatic heterocycles. The number of aromatic amines is 2. The molecule has 26 heavy (non-hydrogen) atoms. The maximum absolute atomic E-state index is 12.4. The molecule has 2 aromatic carbocycles. The van der Waals surface area contributed by atoms with Gasteiger partial charge in [0.1, 0.15) is 0 Å². The smallest absolute Gasteiger partial charge is 0.323 e. The number of imidazole rings is 1. The number of carbonyl (C=O) groups is 1. The number of methoxy groups -OCH3 is 1. The minimum absolute atomic E-state index is 0.168. The summed E-state index contributed by atoms with van der Waals surface area (Å²) in [6.45, 7) is 2.39. The van der Waals surface area contributed by atoms with E-state index in [0.717, 1.165) is 10.0 Å². The Morgan fingerprint density at radius 3 is 2.69 bits per heavy atom. The van der Waals surface area contributed by atoms with E-state index in [1.165, 1.54) is 6.08 Å². The summed E-state index contributed by atoms with van der Waals surface area (Å²) in [7, 11) is 1.57. The molecule has 6 nitrogen and oxygen atoms in total. The zero-order chi connectivity index (χ0) is 18.7. The van der Waals surface area contributed by atoms with Crippen LogP contribution in [0, 0.1) is 0 Å². The van der Waals surface area contributed by atoms with Gasteiger partial charge in [-0.05, 0) is 64.8 Å². The van der Waals surface area contributed by atoms with Gasteiger partial charge in [-0.3, -0.25) is 4.79 Å². The van der Waals surface area contributed by atoms with Crippen LogP contribution in [0.2, 0.25) is 0 Å². The van der Waals surface area contributed by atoms with E-state index in [9.17, 15) is 9.59 Å². The van der Waals surface area contributed by atoms with Gasteiger partial charge in [0.15, 0.2) is 17.3 Å². The van der Waals surface area contributed by atoms with Gasteiger partial charge in [-0.2, -0.15) is 0 Å². The first-order valence-electron chi connectivity index (χ1n) is 7.96. The van der Waals surface area contributed by atoms with Gasteiger partial charge in [0, 0.05) is 5.56 Å². The van der Waals surface area contributed by atoms with Gasteiger partial charge in [-0.1, -0.05) is 6.08 Å². The van der Waals surface area contributed by atoms with Crippen LogP contribution >= 0.6 is 15.9 Å². The van der Waals surface area contributed by atoms with Gasteiger partial charge in [0.2, 0.25) is 0 Å². The lowest BCUT2D eigenvalue weighted by Crippen LogP contribution is -1.99. The molecular formula is C19H17BrN2O4. The van der Waals surface area contributed by atoms with Crippen molar-refractivity contribution in [2.45, 2.75) is 6.92 Å². The highest BCUT2D eigenvalue weighted by Gasteiger charge is 2.11. The average molecular weight is 417 g/mol. The number of nitrogens with one attached hydrogen (secondary N) is 2. The van der Waals surface area contributed by atoms with Gasteiger partial charge in [-0.15, -0.1) is 0 Å². The number of fused-ring (bicyclic) bond motifs is 1. The highest BCUT2D eigenvalue weighted by atomic mass is 79.9. The maximum Gasteiger partial charge on any atom is 0.323 e. The van der Waals surface area contributed by atoms with E-state index in [1.807, 2.05) is 19.1 Å². The number of H-pyrrole nitrogens is 2. The third kappa shape index (κ3) is 3.72. The van der Waals surface area contributed by atoms with Gasteiger partial charge < -0.3 is 19.4 Å². The molecule has 1 heterocycles. The molecular weight excluding hydrogens is 400 g/mol. The lowest BCUT2D eigenvalue weighted by Gasteiger charge is -2.12. The lowest BCUT2D eigenvalue weighted by molar-refractivity contribution is 0.104. The number of rotatable bonds is 6. The molecule has 0 fully saturated rings. The maximum atomic E-state index is 12.4. The number of ether oxygens (including phenoxy) is 2. The van der Waals surface area contributed by atoms with Crippen molar-refractivity contribution in [2.75, 3.05) is 13.7 Å². The molecule has 1 aromatic heterocycles. The molecule has 0 bridgehead atoms. The SMILES string of the molecule is CCOc1cc(C=CC(=O)c2ccc3[nH]c(=O)[nH]c3c2)cc(Br)c1OC. The standard InChI is InChI=1S/C19H17BrN2O4/c1-3-26-17-9-11(8-13(20)18(17)25-2)4-7-16(23)12-5-6-14-15(10-12)22-19(24)21-14/h4-10H,3H2,1-2H3,(H2,21,22,24). The van der Waals surface area contributed by atoms with E-state index in [0.29, 0.717) is 34.7 Å². The van der Waals surface area contributed by atoms with Crippen molar-refractivity contribution in [2.24, 2.45) is 0 Å². The first-order chi connectivity index (χ1) is 12.5. The molecule has 0 saturated heterocycles. The lowest BCUT2D eigenvalue weighted by atomic mass is 10.1. The van der Waals surface area contributed by atoms with Crippen LogP contribution in [0.4, 0.5) is 0 Å². The molecule has 3 aromatic rings. The second kappa shape index (κ2) is 7.61. The number of ketones is 1. The molecule has 7 heteroatoms. The predicted molar refractivity (Wildman–Crippen MR) is 104 cm³/mol. The van der Waals surface area contributed by atoms with Crippen LogP contribution in [0.25, 0.3) is 17.1 Å². The number of hydrogen-bond donors (Lipinski definition) is 2.